The maximum absolute atomic E-state index is 5.69. The Kier molecular flexibility index (Phi) is 1.47. The van der Waals surface area contributed by atoms with Crippen LogP contribution in [0.4, 0.5) is 11.4 Å². The number of benzene rings is 2. The van der Waals surface area contributed by atoms with Gasteiger partial charge in [-0.2, -0.15) is 0 Å². The van der Waals surface area contributed by atoms with Gasteiger partial charge in [0.05, 0.1) is 11.4 Å². The van der Waals surface area contributed by atoms with Crippen LogP contribution in [0.1, 0.15) is 0 Å². The molecule has 0 unspecified atom stereocenters. The van der Waals surface area contributed by atoms with Gasteiger partial charge in [-0.1, -0.05) is 18.2 Å². The first-order valence-corrected chi connectivity index (χ1v) is 4.47. The monoisotopic (exact) mass is 182 g/mol. The summed E-state index contributed by atoms with van der Waals surface area (Å²) in [4.78, 5) is 0. The van der Waals surface area contributed by atoms with Crippen molar-refractivity contribution in [2.24, 2.45) is 0 Å². The van der Waals surface area contributed by atoms with Crippen molar-refractivity contribution in [3.8, 4) is 11.5 Å². The van der Waals surface area contributed by atoms with Crippen LogP contribution >= 0.6 is 0 Å². The molecular formula is C12H8NO. The highest BCUT2D eigenvalue weighted by molar-refractivity contribution is 5.74. The molecule has 1 radical (unpaired) electrons. The van der Waals surface area contributed by atoms with Gasteiger partial charge in [-0.25, -0.2) is 0 Å². The van der Waals surface area contributed by atoms with Crippen molar-refractivity contribution in [1.82, 2.24) is 0 Å². The second kappa shape index (κ2) is 2.77. The lowest BCUT2D eigenvalue weighted by Gasteiger charge is -2.20. The molecule has 0 aromatic heterocycles. The first kappa shape index (κ1) is 7.44. The maximum Gasteiger partial charge on any atom is 0.151 e. The van der Waals surface area contributed by atoms with E-state index in [1.165, 1.54) is 0 Å². The Labute approximate surface area is 82.1 Å². The maximum atomic E-state index is 5.69. The first-order chi connectivity index (χ1) is 6.93. The largest absolute Gasteiger partial charge is 0.453 e. The van der Waals surface area contributed by atoms with Crippen LogP contribution in [-0.2, 0) is 0 Å². The van der Waals surface area contributed by atoms with E-state index >= 15 is 0 Å². The van der Waals surface area contributed by atoms with E-state index in [2.05, 4.69) is 11.4 Å². The third kappa shape index (κ3) is 1.04. The zero-order chi connectivity index (χ0) is 9.38. The lowest BCUT2D eigenvalue weighted by molar-refractivity contribution is 0.481. The molecule has 0 amide bonds. The van der Waals surface area contributed by atoms with E-state index in [9.17, 15) is 0 Å². The van der Waals surface area contributed by atoms with Crippen LogP contribution in [-0.4, -0.2) is 0 Å². The molecule has 0 atom stereocenters. The molecule has 14 heavy (non-hydrogen) atoms. The zero-order valence-corrected chi connectivity index (χ0v) is 7.45. The molecule has 0 bridgehead atoms. The zero-order valence-electron chi connectivity index (χ0n) is 7.45. The number of nitrogens with one attached hydrogen (secondary N) is 1. The van der Waals surface area contributed by atoms with E-state index in [4.69, 9.17) is 4.74 Å². The number of hydrogen-bond acceptors (Lipinski definition) is 2. The van der Waals surface area contributed by atoms with Gasteiger partial charge in [-0.3, -0.25) is 0 Å². The molecule has 1 aliphatic heterocycles. The standard InChI is InChI=1S/C12H8NO/c1-3-7-11-9(5-1)13-10-6-2-4-8-12(10)14-11/h1,3-8,13H. The fourth-order valence-corrected chi connectivity index (χ4v) is 1.53. The quantitative estimate of drug-likeness (QED) is 0.575. The summed E-state index contributed by atoms with van der Waals surface area (Å²) >= 11 is 0. The van der Waals surface area contributed by atoms with Crippen molar-refractivity contribution >= 4 is 11.4 Å². The van der Waals surface area contributed by atoms with E-state index in [0.717, 1.165) is 22.9 Å². The second-order valence-corrected chi connectivity index (χ2v) is 3.15. The smallest absolute Gasteiger partial charge is 0.151 e. The highest BCUT2D eigenvalue weighted by Gasteiger charge is 2.13. The normalized spacial score (nSPS) is 12.0. The Bertz CT molecular complexity index is 392. The van der Waals surface area contributed by atoms with E-state index in [0.29, 0.717) is 0 Å². The lowest BCUT2D eigenvalue weighted by Crippen LogP contribution is -2.01. The fourth-order valence-electron chi connectivity index (χ4n) is 1.53. The number of para-hydroxylation sites is 2. The van der Waals surface area contributed by atoms with Crippen LogP contribution in [0.2, 0.25) is 0 Å². The topological polar surface area (TPSA) is 21.3 Å². The fraction of sp³-hybridized carbons (Fsp3) is 0. The van der Waals surface area contributed by atoms with Crippen LogP contribution in [0, 0.1) is 6.07 Å². The average molecular weight is 182 g/mol. The summed E-state index contributed by atoms with van der Waals surface area (Å²) in [5, 5.41) is 3.28. The van der Waals surface area contributed by atoms with Gasteiger partial charge in [0.2, 0.25) is 0 Å². The SMILES string of the molecule is [c]1ccc2c(c1)Nc1ccccc1O2. The Morgan fingerprint density at radius 2 is 1.86 bits per heavy atom. The number of ether oxygens (including phenoxy) is 1. The van der Waals surface area contributed by atoms with Gasteiger partial charge in [-0.15, -0.1) is 0 Å². The Morgan fingerprint density at radius 3 is 2.86 bits per heavy atom. The van der Waals surface area contributed by atoms with Crippen LogP contribution in [0.3, 0.4) is 0 Å². The number of rotatable bonds is 0. The molecule has 2 aromatic rings. The van der Waals surface area contributed by atoms with Crippen LogP contribution in [0.5, 0.6) is 11.5 Å². The highest BCUT2D eigenvalue weighted by atomic mass is 16.5. The van der Waals surface area contributed by atoms with Crippen molar-refractivity contribution in [3.05, 3.63) is 48.5 Å². The summed E-state index contributed by atoms with van der Waals surface area (Å²) in [7, 11) is 0. The predicted octanol–water partition coefficient (Wildman–Crippen LogP) is 3.34. The van der Waals surface area contributed by atoms with Crippen molar-refractivity contribution in [1.29, 1.82) is 0 Å². The van der Waals surface area contributed by atoms with E-state index < -0.39 is 0 Å². The molecule has 2 heteroatoms. The van der Waals surface area contributed by atoms with Gasteiger partial charge >= 0.3 is 0 Å². The van der Waals surface area contributed by atoms with Crippen molar-refractivity contribution in [2.75, 3.05) is 5.32 Å². The minimum atomic E-state index is 0.849. The molecule has 1 N–H and O–H groups in total. The van der Waals surface area contributed by atoms with Crippen LogP contribution < -0.4 is 10.1 Å². The molecule has 1 aliphatic rings. The molecule has 0 saturated carbocycles. The summed E-state index contributed by atoms with van der Waals surface area (Å²) in [6, 6.07) is 16.5. The molecule has 3 rings (SSSR count). The molecule has 0 aliphatic carbocycles. The van der Waals surface area contributed by atoms with Crippen molar-refractivity contribution in [3.63, 3.8) is 0 Å². The third-order valence-electron chi connectivity index (χ3n) is 2.20. The van der Waals surface area contributed by atoms with E-state index in [1.54, 1.807) is 0 Å². The molecule has 2 nitrogen and oxygen atoms in total. The molecular weight excluding hydrogens is 174 g/mol. The summed E-state index contributed by atoms with van der Waals surface area (Å²) in [5.74, 6) is 1.72. The van der Waals surface area contributed by atoms with Gasteiger partial charge in [0.15, 0.2) is 11.5 Å². The molecule has 2 aromatic carbocycles. The minimum Gasteiger partial charge on any atom is -0.453 e. The number of fused-ring (bicyclic) bond motifs is 2. The van der Waals surface area contributed by atoms with Crippen molar-refractivity contribution < 1.29 is 4.74 Å². The number of anilines is 2. The van der Waals surface area contributed by atoms with E-state index in [-0.39, 0.29) is 0 Å². The van der Waals surface area contributed by atoms with Crippen LogP contribution in [0.15, 0.2) is 42.5 Å². The van der Waals surface area contributed by atoms with E-state index in [1.807, 2.05) is 42.5 Å². The summed E-state index contributed by atoms with van der Waals surface area (Å²) in [6.07, 6.45) is 0. The van der Waals surface area contributed by atoms with Gasteiger partial charge in [0, 0.05) is 0 Å². The Balaban J connectivity index is 2.12. The Hall–Kier alpha value is -1.96. The van der Waals surface area contributed by atoms with Gasteiger partial charge in [0.25, 0.3) is 0 Å². The first-order valence-electron chi connectivity index (χ1n) is 4.47. The summed E-state index contributed by atoms with van der Waals surface area (Å²) < 4.78 is 5.69. The minimum absolute atomic E-state index is 0.849. The molecule has 67 valence electrons. The van der Waals surface area contributed by atoms with Crippen molar-refractivity contribution in [2.45, 2.75) is 0 Å². The third-order valence-corrected chi connectivity index (χ3v) is 2.20. The van der Waals surface area contributed by atoms with Crippen LogP contribution in [0.25, 0.3) is 0 Å². The average Bonchev–Trinajstić information content (AvgIpc) is 2.26. The molecule has 0 saturated heterocycles. The molecule has 0 spiro atoms. The lowest BCUT2D eigenvalue weighted by atomic mass is 10.2. The van der Waals surface area contributed by atoms with Gasteiger partial charge < -0.3 is 10.1 Å². The molecule has 0 fully saturated rings. The van der Waals surface area contributed by atoms with Gasteiger partial charge in [0.1, 0.15) is 0 Å². The highest BCUT2D eigenvalue weighted by Crippen LogP contribution is 2.40. The summed E-state index contributed by atoms with van der Waals surface area (Å²) in [5.41, 5.74) is 1.96. The summed E-state index contributed by atoms with van der Waals surface area (Å²) in [6.45, 7) is 0. The van der Waals surface area contributed by atoms with Gasteiger partial charge in [-0.05, 0) is 30.3 Å². The second-order valence-electron chi connectivity index (χ2n) is 3.15. The Morgan fingerprint density at radius 1 is 1.00 bits per heavy atom. The number of hydrogen-bond donors (Lipinski definition) is 1. The molecule has 1 heterocycles. The predicted molar refractivity (Wildman–Crippen MR) is 55.1 cm³/mol.